The van der Waals surface area contributed by atoms with Crippen molar-refractivity contribution < 1.29 is 4.74 Å². The summed E-state index contributed by atoms with van der Waals surface area (Å²) < 4.78 is 5.36. The SMILES string of the molecule is COc1nc2ccccc2cc1Cc1cc(C#N)c(C)[nH]c1=O. The van der Waals surface area contributed by atoms with Gasteiger partial charge < -0.3 is 9.72 Å². The summed E-state index contributed by atoms with van der Waals surface area (Å²) >= 11 is 0. The predicted molar refractivity (Wildman–Crippen MR) is 87.6 cm³/mol. The molecule has 0 radical (unpaired) electrons. The van der Waals surface area contributed by atoms with E-state index >= 15 is 0 Å². The topological polar surface area (TPSA) is 78.8 Å². The standard InChI is InChI=1S/C18H15N3O2/c1-11-15(10-19)9-13(17(22)20-11)8-14-7-12-5-3-4-6-16(12)21-18(14)23-2/h3-7,9H,8H2,1-2H3,(H,20,22). The van der Waals surface area contributed by atoms with Crippen LogP contribution in [0.25, 0.3) is 10.9 Å². The number of aromatic nitrogens is 2. The maximum Gasteiger partial charge on any atom is 0.251 e. The Labute approximate surface area is 133 Å². The molecule has 3 aromatic rings. The van der Waals surface area contributed by atoms with Gasteiger partial charge in [0.25, 0.3) is 5.56 Å². The third kappa shape index (κ3) is 2.79. The van der Waals surface area contributed by atoms with Gasteiger partial charge in [0.05, 0.1) is 18.2 Å². The lowest BCUT2D eigenvalue weighted by atomic mass is 10.0. The molecule has 0 unspecified atom stereocenters. The van der Waals surface area contributed by atoms with E-state index in [2.05, 4.69) is 16.0 Å². The molecule has 1 aromatic carbocycles. The molecule has 0 bridgehead atoms. The molecule has 5 heteroatoms. The second-order valence-electron chi connectivity index (χ2n) is 5.30. The summed E-state index contributed by atoms with van der Waals surface area (Å²) in [6.07, 6.45) is 0.352. The van der Waals surface area contributed by atoms with Crippen molar-refractivity contribution in [2.45, 2.75) is 13.3 Å². The number of benzene rings is 1. The van der Waals surface area contributed by atoms with Crippen molar-refractivity contribution in [3.63, 3.8) is 0 Å². The average molecular weight is 305 g/mol. The van der Waals surface area contributed by atoms with Gasteiger partial charge in [-0.1, -0.05) is 18.2 Å². The molecule has 0 spiro atoms. The highest BCUT2D eigenvalue weighted by molar-refractivity contribution is 5.80. The van der Waals surface area contributed by atoms with Gasteiger partial charge in [0.1, 0.15) is 6.07 Å². The van der Waals surface area contributed by atoms with Gasteiger partial charge in [-0.3, -0.25) is 4.79 Å². The molecule has 0 fully saturated rings. The molecular formula is C18H15N3O2. The maximum atomic E-state index is 12.1. The summed E-state index contributed by atoms with van der Waals surface area (Å²) in [5.41, 5.74) is 3.00. The van der Waals surface area contributed by atoms with Gasteiger partial charge in [-0.25, -0.2) is 4.98 Å². The van der Waals surface area contributed by atoms with Crippen molar-refractivity contribution in [1.29, 1.82) is 5.26 Å². The van der Waals surface area contributed by atoms with Crippen molar-refractivity contribution in [3.8, 4) is 11.9 Å². The molecule has 0 aliphatic carbocycles. The van der Waals surface area contributed by atoms with Gasteiger partial charge in [0, 0.05) is 28.6 Å². The van der Waals surface area contributed by atoms with E-state index in [1.165, 1.54) is 0 Å². The van der Waals surface area contributed by atoms with Crippen LogP contribution in [0.4, 0.5) is 0 Å². The van der Waals surface area contributed by atoms with Crippen LogP contribution in [0.15, 0.2) is 41.2 Å². The average Bonchev–Trinajstić information content (AvgIpc) is 2.56. The number of nitrogens with one attached hydrogen (secondary N) is 1. The number of H-pyrrole nitrogens is 1. The summed E-state index contributed by atoms with van der Waals surface area (Å²) in [7, 11) is 1.56. The number of methoxy groups -OCH3 is 1. The number of rotatable bonds is 3. The molecule has 0 amide bonds. The minimum Gasteiger partial charge on any atom is -0.481 e. The molecule has 0 saturated heterocycles. The smallest absolute Gasteiger partial charge is 0.251 e. The van der Waals surface area contributed by atoms with Crippen LogP contribution in [0.3, 0.4) is 0 Å². The third-order valence-corrected chi connectivity index (χ3v) is 3.77. The molecule has 3 rings (SSSR count). The Morgan fingerprint density at radius 1 is 1.26 bits per heavy atom. The van der Waals surface area contributed by atoms with E-state index in [4.69, 9.17) is 10.00 Å². The second-order valence-corrected chi connectivity index (χ2v) is 5.30. The number of ether oxygens (including phenoxy) is 1. The Hall–Kier alpha value is -3.13. The fourth-order valence-electron chi connectivity index (χ4n) is 2.56. The normalized spacial score (nSPS) is 10.5. The van der Waals surface area contributed by atoms with Gasteiger partial charge in [-0.2, -0.15) is 5.26 Å². The quantitative estimate of drug-likeness (QED) is 0.807. The summed E-state index contributed by atoms with van der Waals surface area (Å²) in [5, 5.41) is 10.1. The lowest BCUT2D eigenvalue weighted by molar-refractivity contribution is 0.395. The molecule has 0 aliphatic heterocycles. The molecule has 2 heterocycles. The fourth-order valence-corrected chi connectivity index (χ4v) is 2.56. The third-order valence-electron chi connectivity index (χ3n) is 3.77. The number of aryl methyl sites for hydroxylation is 1. The van der Waals surface area contributed by atoms with Crippen LogP contribution in [0.5, 0.6) is 5.88 Å². The van der Waals surface area contributed by atoms with Gasteiger partial charge in [0.2, 0.25) is 5.88 Å². The monoisotopic (exact) mass is 305 g/mol. The summed E-state index contributed by atoms with van der Waals surface area (Å²) in [5.74, 6) is 0.488. The first-order chi connectivity index (χ1) is 11.1. The predicted octanol–water partition coefficient (Wildman–Crippen LogP) is 2.70. The number of hydrogen-bond donors (Lipinski definition) is 1. The van der Waals surface area contributed by atoms with Crippen LogP contribution < -0.4 is 10.3 Å². The van der Waals surface area contributed by atoms with E-state index in [0.717, 1.165) is 16.5 Å². The maximum absolute atomic E-state index is 12.1. The van der Waals surface area contributed by atoms with Crippen molar-refractivity contribution in [2.24, 2.45) is 0 Å². The lowest BCUT2D eigenvalue weighted by Crippen LogP contribution is -2.15. The van der Waals surface area contributed by atoms with Crippen molar-refractivity contribution >= 4 is 10.9 Å². The van der Waals surface area contributed by atoms with E-state index in [1.54, 1.807) is 20.1 Å². The number of aromatic amines is 1. The summed E-state index contributed by atoms with van der Waals surface area (Å²) in [4.78, 5) is 19.3. The first-order valence-electron chi connectivity index (χ1n) is 7.18. The summed E-state index contributed by atoms with van der Waals surface area (Å²) in [6, 6.07) is 13.4. The molecule has 5 nitrogen and oxygen atoms in total. The first kappa shape index (κ1) is 14.8. The number of nitriles is 1. The Kier molecular flexibility index (Phi) is 3.82. The molecule has 23 heavy (non-hydrogen) atoms. The van der Waals surface area contributed by atoms with Crippen LogP contribution in [0.2, 0.25) is 0 Å². The number of fused-ring (bicyclic) bond motifs is 1. The van der Waals surface area contributed by atoms with E-state index in [0.29, 0.717) is 29.1 Å². The van der Waals surface area contributed by atoms with Gasteiger partial charge in [-0.05, 0) is 25.1 Å². The highest BCUT2D eigenvalue weighted by Crippen LogP contribution is 2.24. The van der Waals surface area contributed by atoms with Crippen LogP contribution in [0.1, 0.15) is 22.4 Å². The zero-order chi connectivity index (χ0) is 16.4. The number of hydrogen-bond acceptors (Lipinski definition) is 4. The molecule has 2 aromatic heterocycles. The van der Waals surface area contributed by atoms with Crippen LogP contribution >= 0.6 is 0 Å². The molecule has 0 saturated carbocycles. The first-order valence-corrected chi connectivity index (χ1v) is 7.18. The molecular weight excluding hydrogens is 290 g/mol. The summed E-state index contributed by atoms with van der Waals surface area (Å²) in [6.45, 7) is 1.71. The van der Waals surface area contributed by atoms with Gasteiger partial charge in [-0.15, -0.1) is 0 Å². The molecule has 114 valence electrons. The Morgan fingerprint density at radius 3 is 2.78 bits per heavy atom. The van der Waals surface area contributed by atoms with Crippen molar-refractivity contribution in [1.82, 2.24) is 9.97 Å². The van der Waals surface area contributed by atoms with Crippen LogP contribution in [-0.2, 0) is 6.42 Å². The zero-order valence-electron chi connectivity index (χ0n) is 12.9. The minimum atomic E-state index is -0.197. The lowest BCUT2D eigenvalue weighted by Gasteiger charge is -2.10. The number of para-hydroxylation sites is 1. The van der Waals surface area contributed by atoms with Crippen LogP contribution in [0, 0.1) is 18.3 Å². The Bertz CT molecular complexity index is 984. The van der Waals surface area contributed by atoms with Gasteiger partial charge in [0.15, 0.2) is 0 Å². The molecule has 1 N–H and O–H groups in total. The Morgan fingerprint density at radius 2 is 2.04 bits per heavy atom. The van der Waals surface area contributed by atoms with Gasteiger partial charge >= 0.3 is 0 Å². The molecule has 0 atom stereocenters. The zero-order valence-corrected chi connectivity index (χ0v) is 12.9. The fraction of sp³-hybridized carbons (Fsp3) is 0.167. The Balaban J connectivity index is 2.11. The highest BCUT2D eigenvalue weighted by atomic mass is 16.5. The molecule has 0 aliphatic rings. The van der Waals surface area contributed by atoms with Crippen molar-refractivity contribution in [3.05, 3.63) is 69.1 Å². The second kappa shape index (κ2) is 5.93. The number of pyridine rings is 2. The number of nitrogens with zero attached hydrogens (tertiary/aromatic N) is 2. The van der Waals surface area contributed by atoms with Crippen LogP contribution in [-0.4, -0.2) is 17.1 Å². The van der Waals surface area contributed by atoms with Crippen molar-refractivity contribution in [2.75, 3.05) is 7.11 Å². The van der Waals surface area contributed by atoms with E-state index in [9.17, 15) is 4.79 Å². The minimum absolute atomic E-state index is 0.197. The van der Waals surface area contributed by atoms with E-state index in [1.807, 2.05) is 30.3 Å². The van der Waals surface area contributed by atoms with E-state index < -0.39 is 0 Å². The van der Waals surface area contributed by atoms with E-state index in [-0.39, 0.29) is 5.56 Å². The highest BCUT2D eigenvalue weighted by Gasteiger charge is 2.12. The largest absolute Gasteiger partial charge is 0.481 e.